The van der Waals surface area contributed by atoms with E-state index < -0.39 is 0 Å². The highest BCUT2D eigenvalue weighted by Gasteiger charge is 2.10. The number of nitrogens with zero attached hydrogens (tertiary/aromatic N) is 2. The molecule has 1 aromatic heterocycles. The molecule has 1 aromatic carbocycles. The van der Waals surface area contributed by atoms with Crippen molar-refractivity contribution in [3.63, 3.8) is 0 Å². The zero-order valence-corrected chi connectivity index (χ0v) is 12.7. The molecule has 112 valence electrons. The number of carbonyl (C=O) groups excluding carboxylic acids is 1. The molecule has 0 unspecified atom stereocenters. The number of nitrogens with two attached hydrogens (primary N) is 1. The van der Waals surface area contributed by atoms with Crippen LogP contribution in [0.2, 0.25) is 0 Å². The maximum atomic E-state index is 11.8. The van der Waals surface area contributed by atoms with E-state index in [0.29, 0.717) is 5.16 Å². The molecule has 0 aliphatic heterocycles. The molecular formula is C14H19N5OS. The van der Waals surface area contributed by atoms with Gasteiger partial charge in [-0.2, -0.15) is 4.98 Å². The van der Waals surface area contributed by atoms with Crippen LogP contribution in [-0.4, -0.2) is 32.9 Å². The van der Waals surface area contributed by atoms with Gasteiger partial charge >= 0.3 is 0 Å². The first-order valence-corrected chi connectivity index (χ1v) is 7.76. The summed E-state index contributed by atoms with van der Waals surface area (Å²) in [7, 11) is 0. The number of H-pyrrole nitrogens is 1. The summed E-state index contributed by atoms with van der Waals surface area (Å²) in [5, 5.41) is 9.86. The van der Waals surface area contributed by atoms with Gasteiger partial charge in [0.15, 0.2) is 0 Å². The molecular weight excluding hydrogens is 286 g/mol. The Morgan fingerprint density at radius 1 is 1.43 bits per heavy atom. The van der Waals surface area contributed by atoms with E-state index in [9.17, 15) is 4.79 Å². The van der Waals surface area contributed by atoms with Gasteiger partial charge in [-0.1, -0.05) is 42.1 Å². The lowest BCUT2D eigenvalue weighted by molar-refractivity contribution is -0.119. The van der Waals surface area contributed by atoms with Crippen molar-refractivity contribution in [2.24, 2.45) is 0 Å². The van der Waals surface area contributed by atoms with Gasteiger partial charge in [-0.3, -0.25) is 4.79 Å². The largest absolute Gasteiger partial charge is 0.368 e. The van der Waals surface area contributed by atoms with Gasteiger partial charge in [0.05, 0.1) is 5.75 Å². The number of hydrogen-bond donors (Lipinski definition) is 3. The number of nitrogens with one attached hydrogen (secondary N) is 2. The van der Waals surface area contributed by atoms with E-state index >= 15 is 0 Å². The lowest BCUT2D eigenvalue weighted by atomic mass is 10.1. The average Bonchev–Trinajstić information content (AvgIpc) is 2.90. The standard InChI is InChI=1S/C14H19N5OS/c1-10(7-8-11-5-3-2-4-6-11)16-12(20)9-21-14-17-13(15)18-19-14/h2-6,10H,7-9H2,1H3,(H,16,20)(H3,15,17,18,19)/t10-/m0/s1. The first kappa shape index (κ1) is 15.4. The lowest BCUT2D eigenvalue weighted by Crippen LogP contribution is -2.34. The second kappa shape index (κ2) is 7.68. The van der Waals surface area contributed by atoms with E-state index in [1.165, 1.54) is 17.3 Å². The van der Waals surface area contributed by atoms with Gasteiger partial charge in [-0.15, -0.1) is 5.10 Å². The number of rotatable bonds is 7. The fourth-order valence-electron chi connectivity index (χ4n) is 1.87. The SMILES string of the molecule is C[C@@H](CCc1ccccc1)NC(=O)CSc1n[nH]c(N)n1. The minimum Gasteiger partial charge on any atom is -0.368 e. The number of nitrogen functional groups attached to an aromatic ring is 1. The van der Waals surface area contributed by atoms with E-state index in [2.05, 4.69) is 32.6 Å². The predicted molar refractivity (Wildman–Crippen MR) is 83.9 cm³/mol. The Labute approximate surface area is 127 Å². The maximum Gasteiger partial charge on any atom is 0.230 e. The highest BCUT2D eigenvalue weighted by molar-refractivity contribution is 7.99. The molecule has 21 heavy (non-hydrogen) atoms. The zero-order valence-electron chi connectivity index (χ0n) is 11.9. The Kier molecular flexibility index (Phi) is 5.62. The molecule has 6 nitrogen and oxygen atoms in total. The van der Waals surface area contributed by atoms with Gasteiger partial charge < -0.3 is 11.1 Å². The van der Waals surface area contributed by atoms with E-state index in [4.69, 9.17) is 5.73 Å². The molecule has 0 saturated heterocycles. The summed E-state index contributed by atoms with van der Waals surface area (Å²) in [4.78, 5) is 15.7. The molecule has 0 saturated carbocycles. The van der Waals surface area contributed by atoms with Crippen molar-refractivity contribution in [2.45, 2.75) is 31.0 Å². The van der Waals surface area contributed by atoms with Crippen molar-refractivity contribution >= 4 is 23.6 Å². The number of aromatic nitrogens is 3. The maximum absolute atomic E-state index is 11.8. The number of thioether (sulfide) groups is 1. The third-order valence-corrected chi connectivity index (χ3v) is 3.78. The third-order valence-electron chi connectivity index (χ3n) is 2.93. The molecule has 0 spiro atoms. The van der Waals surface area contributed by atoms with Crippen LogP contribution in [0.4, 0.5) is 5.95 Å². The lowest BCUT2D eigenvalue weighted by Gasteiger charge is -2.13. The molecule has 4 N–H and O–H groups in total. The highest BCUT2D eigenvalue weighted by Crippen LogP contribution is 2.12. The highest BCUT2D eigenvalue weighted by atomic mass is 32.2. The minimum absolute atomic E-state index is 0.0241. The van der Waals surface area contributed by atoms with Crippen LogP contribution >= 0.6 is 11.8 Å². The molecule has 7 heteroatoms. The van der Waals surface area contributed by atoms with Gasteiger partial charge in [-0.05, 0) is 25.3 Å². The van der Waals surface area contributed by atoms with Crippen molar-refractivity contribution in [2.75, 3.05) is 11.5 Å². The van der Waals surface area contributed by atoms with Gasteiger partial charge in [-0.25, -0.2) is 5.10 Å². The number of aromatic amines is 1. The van der Waals surface area contributed by atoms with Gasteiger partial charge in [0.1, 0.15) is 0 Å². The number of benzene rings is 1. The van der Waals surface area contributed by atoms with Crippen molar-refractivity contribution < 1.29 is 4.79 Å². The molecule has 1 atom stereocenters. The summed E-state index contributed by atoms with van der Waals surface area (Å²) < 4.78 is 0. The van der Waals surface area contributed by atoms with Crippen molar-refractivity contribution in [3.05, 3.63) is 35.9 Å². The molecule has 2 rings (SSSR count). The number of carbonyl (C=O) groups is 1. The summed E-state index contributed by atoms with van der Waals surface area (Å²) >= 11 is 1.26. The summed E-state index contributed by atoms with van der Waals surface area (Å²) in [5.41, 5.74) is 6.70. The Balaban J connectivity index is 1.67. The van der Waals surface area contributed by atoms with E-state index in [0.717, 1.165) is 12.8 Å². The molecule has 0 fully saturated rings. The van der Waals surface area contributed by atoms with Crippen LogP contribution in [0.15, 0.2) is 35.5 Å². The molecule has 0 aliphatic rings. The Hall–Kier alpha value is -2.02. The van der Waals surface area contributed by atoms with Gasteiger partial charge in [0.2, 0.25) is 17.0 Å². The smallest absolute Gasteiger partial charge is 0.230 e. The van der Waals surface area contributed by atoms with Gasteiger partial charge in [0.25, 0.3) is 0 Å². The van der Waals surface area contributed by atoms with Crippen molar-refractivity contribution in [1.82, 2.24) is 20.5 Å². The molecule has 1 heterocycles. The quantitative estimate of drug-likeness (QED) is 0.675. The number of anilines is 1. The van der Waals surface area contributed by atoms with Crippen LogP contribution in [0.25, 0.3) is 0 Å². The van der Waals surface area contributed by atoms with E-state index in [1.807, 2.05) is 25.1 Å². The van der Waals surface area contributed by atoms with Crippen LogP contribution in [0, 0.1) is 0 Å². The van der Waals surface area contributed by atoms with Crippen molar-refractivity contribution in [3.8, 4) is 0 Å². The second-order valence-electron chi connectivity index (χ2n) is 4.78. The van der Waals surface area contributed by atoms with Crippen molar-refractivity contribution in [1.29, 1.82) is 0 Å². The van der Waals surface area contributed by atoms with Crippen LogP contribution in [0.1, 0.15) is 18.9 Å². The van der Waals surface area contributed by atoms with E-state index in [1.54, 1.807) is 0 Å². The van der Waals surface area contributed by atoms with Crippen LogP contribution in [-0.2, 0) is 11.2 Å². The molecule has 1 amide bonds. The van der Waals surface area contributed by atoms with E-state index in [-0.39, 0.29) is 23.7 Å². The average molecular weight is 305 g/mol. The second-order valence-corrected chi connectivity index (χ2v) is 5.73. The summed E-state index contributed by atoms with van der Waals surface area (Å²) in [6.07, 6.45) is 1.86. The van der Waals surface area contributed by atoms with Crippen LogP contribution in [0.3, 0.4) is 0 Å². The zero-order chi connectivity index (χ0) is 15.1. The third kappa shape index (κ3) is 5.47. The molecule has 0 aliphatic carbocycles. The number of hydrogen-bond acceptors (Lipinski definition) is 5. The normalized spacial score (nSPS) is 12.0. The molecule has 0 radical (unpaired) electrons. The summed E-state index contributed by atoms with van der Waals surface area (Å²) in [6.45, 7) is 2.01. The fourth-order valence-corrected chi connectivity index (χ4v) is 2.49. The molecule has 0 bridgehead atoms. The van der Waals surface area contributed by atoms with Crippen LogP contribution < -0.4 is 11.1 Å². The predicted octanol–water partition coefficient (Wildman–Crippen LogP) is 1.62. The Morgan fingerprint density at radius 2 is 2.19 bits per heavy atom. The summed E-state index contributed by atoms with van der Waals surface area (Å²) in [6, 6.07) is 10.4. The monoisotopic (exact) mass is 305 g/mol. The number of aryl methyl sites for hydroxylation is 1. The molecule has 2 aromatic rings. The first-order valence-electron chi connectivity index (χ1n) is 6.77. The Bertz CT molecular complexity index is 572. The first-order chi connectivity index (χ1) is 10.1. The Morgan fingerprint density at radius 3 is 2.86 bits per heavy atom. The number of amides is 1. The fraction of sp³-hybridized carbons (Fsp3) is 0.357. The summed E-state index contributed by atoms with van der Waals surface area (Å²) in [5.74, 6) is 0.519. The minimum atomic E-state index is -0.0241. The van der Waals surface area contributed by atoms with Crippen LogP contribution in [0.5, 0.6) is 0 Å². The van der Waals surface area contributed by atoms with Gasteiger partial charge in [0, 0.05) is 6.04 Å². The topological polar surface area (TPSA) is 96.7 Å².